The van der Waals surface area contributed by atoms with Crippen molar-refractivity contribution >= 4 is 5.97 Å². The molecule has 114 valence electrons. The Hall–Kier alpha value is -0.530. The van der Waals surface area contributed by atoms with E-state index in [0.29, 0.717) is 0 Å². The van der Waals surface area contributed by atoms with E-state index in [1.54, 1.807) is 0 Å². The van der Waals surface area contributed by atoms with E-state index in [9.17, 15) is 4.79 Å². The Bertz CT molecular complexity index is 116. The molecule has 0 atom stereocenters. The van der Waals surface area contributed by atoms with E-state index >= 15 is 0 Å². The third-order valence-corrected chi connectivity index (χ3v) is 1.88. The SMILES string of the molecule is CC.CC.CC.CC.CC(=O)OC1CCCCC1. The van der Waals surface area contributed by atoms with Gasteiger partial charge in [0.1, 0.15) is 6.10 Å². The van der Waals surface area contributed by atoms with Crippen molar-refractivity contribution in [3.63, 3.8) is 0 Å². The van der Waals surface area contributed by atoms with Gasteiger partial charge in [0.25, 0.3) is 0 Å². The quantitative estimate of drug-likeness (QED) is 0.543. The van der Waals surface area contributed by atoms with Crippen LogP contribution in [0.25, 0.3) is 0 Å². The molecular weight excluding hydrogens is 224 g/mol. The molecule has 0 aromatic rings. The second-order valence-electron chi connectivity index (χ2n) is 2.87. The summed E-state index contributed by atoms with van der Waals surface area (Å²) in [4.78, 5) is 10.5. The topological polar surface area (TPSA) is 26.3 Å². The lowest BCUT2D eigenvalue weighted by molar-refractivity contribution is -0.147. The largest absolute Gasteiger partial charge is 0.463 e. The lowest BCUT2D eigenvalue weighted by Gasteiger charge is -2.20. The van der Waals surface area contributed by atoms with Crippen molar-refractivity contribution in [1.29, 1.82) is 0 Å². The second kappa shape index (κ2) is 30.0. The fourth-order valence-corrected chi connectivity index (χ4v) is 1.42. The highest BCUT2D eigenvalue weighted by atomic mass is 16.5. The smallest absolute Gasteiger partial charge is 0.302 e. The van der Waals surface area contributed by atoms with Gasteiger partial charge in [0.05, 0.1) is 0 Å². The second-order valence-corrected chi connectivity index (χ2v) is 2.87. The van der Waals surface area contributed by atoms with Crippen LogP contribution in [0.4, 0.5) is 0 Å². The van der Waals surface area contributed by atoms with Crippen LogP contribution < -0.4 is 0 Å². The minimum atomic E-state index is -0.132. The molecule has 0 bridgehead atoms. The van der Waals surface area contributed by atoms with E-state index in [2.05, 4.69) is 0 Å². The number of hydrogen-bond donors (Lipinski definition) is 0. The third kappa shape index (κ3) is 24.6. The van der Waals surface area contributed by atoms with Gasteiger partial charge < -0.3 is 4.74 Å². The first kappa shape index (κ1) is 26.1. The molecule has 0 aliphatic heterocycles. The van der Waals surface area contributed by atoms with Crippen molar-refractivity contribution in [3.05, 3.63) is 0 Å². The van der Waals surface area contributed by atoms with Crippen molar-refractivity contribution in [3.8, 4) is 0 Å². The summed E-state index contributed by atoms with van der Waals surface area (Å²) in [5, 5.41) is 0. The molecule has 0 heterocycles. The molecule has 0 saturated heterocycles. The summed E-state index contributed by atoms with van der Waals surface area (Å²) in [6.45, 7) is 17.5. The molecule has 1 aliphatic carbocycles. The van der Waals surface area contributed by atoms with E-state index in [0.717, 1.165) is 12.8 Å². The van der Waals surface area contributed by atoms with Crippen LogP contribution in [0.1, 0.15) is 94.4 Å². The van der Waals surface area contributed by atoms with Gasteiger partial charge >= 0.3 is 5.97 Å². The Morgan fingerprint density at radius 3 is 1.39 bits per heavy atom. The van der Waals surface area contributed by atoms with Crippen LogP contribution in [0.3, 0.4) is 0 Å². The summed E-state index contributed by atoms with van der Waals surface area (Å²) in [6, 6.07) is 0. The molecule has 0 aromatic heterocycles. The number of rotatable bonds is 1. The van der Waals surface area contributed by atoms with Crippen LogP contribution in [0, 0.1) is 0 Å². The molecule has 18 heavy (non-hydrogen) atoms. The average Bonchev–Trinajstić information content (AvgIpc) is 2.48. The van der Waals surface area contributed by atoms with Crippen LogP contribution in [0.15, 0.2) is 0 Å². The highest BCUT2D eigenvalue weighted by molar-refractivity contribution is 5.66. The minimum Gasteiger partial charge on any atom is -0.463 e. The highest BCUT2D eigenvalue weighted by Gasteiger charge is 2.14. The molecule has 1 saturated carbocycles. The summed E-state index contributed by atoms with van der Waals surface area (Å²) in [7, 11) is 0. The Morgan fingerprint density at radius 2 is 1.11 bits per heavy atom. The number of carbonyl (C=O) groups is 1. The standard InChI is InChI=1S/C8H14O2.4C2H6/c1-7(9)10-8-5-3-2-4-6-8;4*1-2/h8H,2-6H2,1H3;4*1-2H3. The summed E-state index contributed by atoms with van der Waals surface area (Å²) in [6.07, 6.45) is 6.11. The zero-order valence-electron chi connectivity index (χ0n) is 14.4. The van der Waals surface area contributed by atoms with Crippen molar-refractivity contribution in [2.75, 3.05) is 0 Å². The molecule has 1 rings (SSSR count). The fourth-order valence-electron chi connectivity index (χ4n) is 1.42. The predicted octanol–water partition coefficient (Wildman–Crippen LogP) is 5.99. The summed E-state index contributed by atoms with van der Waals surface area (Å²) < 4.78 is 5.05. The van der Waals surface area contributed by atoms with Crippen LogP contribution in [0.2, 0.25) is 0 Å². The molecular formula is C16H38O2. The highest BCUT2D eigenvalue weighted by Crippen LogP contribution is 2.19. The average molecular weight is 262 g/mol. The van der Waals surface area contributed by atoms with Gasteiger partial charge in [0.15, 0.2) is 0 Å². The molecule has 1 aliphatic rings. The van der Waals surface area contributed by atoms with Crippen LogP contribution in [0.5, 0.6) is 0 Å². The first-order chi connectivity index (χ1) is 8.79. The first-order valence-electron chi connectivity index (χ1n) is 7.96. The Kier molecular flexibility index (Phi) is 43.5. The van der Waals surface area contributed by atoms with Gasteiger partial charge in [-0.2, -0.15) is 0 Å². The van der Waals surface area contributed by atoms with Crippen molar-refractivity contribution in [1.82, 2.24) is 0 Å². The van der Waals surface area contributed by atoms with Gasteiger partial charge in [0, 0.05) is 6.92 Å². The zero-order chi connectivity index (χ0) is 15.4. The lowest BCUT2D eigenvalue weighted by atomic mass is 9.98. The molecule has 0 amide bonds. The lowest BCUT2D eigenvalue weighted by Crippen LogP contribution is -2.18. The summed E-state index contributed by atoms with van der Waals surface area (Å²) >= 11 is 0. The van der Waals surface area contributed by atoms with Gasteiger partial charge in [0.2, 0.25) is 0 Å². The normalized spacial score (nSPS) is 12.7. The van der Waals surface area contributed by atoms with E-state index in [1.807, 2.05) is 55.4 Å². The Balaban J connectivity index is -0.000000105. The van der Waals surface area contributed by atoms with Gasteiger partial charge in [-0.05, 0) is 25.7 Å². The van der Waals surface area contributed by atoms with E-state index < -0.39 is 0 Å². The van der Waals surface area contributed by atoms with E-state index in [4.69, 9.17) is 4.74 Å². The van der Waals surface area contributed by atoms with Crippen molar-refractivity contribution in [2.24, 2.45) is 0 Å². The predicted molar refractivity (Wildman–Crippen MR) is 84.0 cm³/mol. The maximum Gasteiger partial charge on any atom is 0.302 e. The van der Waals surface area contributed by atoms with Crippen LogP contribution in [-0.4, -0.2) is 12.1 Å². The maximum absolute atomic E-state index is 10.5. The van der Waals surface area contributed by atoms with Gasteiger partial charge in [-0.3, -0.25) is 4.79 Å². The molecule has 2 heteroatoms. The molecule has 0 unspecified atom stereocenters. The number of carbonyl (C=O) groups excluding carboxylic acids is 1. The molecule has 0 N–H and O–H groups in total. The molecule has 0 radical (unpaired) electrons. The third-order valence-electron chi connectivity index (χ3n) is 1.88. The molecule has 0 spiro atoms. The van der Waals surface area contributed by atoms with Gasteiger partial charge in [-0.15, -0.1) is 0 Å². The maximum atomic E-state index is 10.5. The minimum absolute atomic E-state index is 0.132. The Labute approximate surface area is 117 Å². The van der Waals surface area contributed by atoms with E-state index in [1.165, 1.54) is 26.2 Å². The summed E-state index contributed by atoms with van der Waals surface area (Å²) in [5.41, 5.74) is 0. The van der Waals surface area contributed by atoms with Crippen LogP contribution in [-0.2, 0) is 9.53 Å². The molecule has 0 aromatic carbocycles. The first-order valence-corrected chi connectivity index (χ1v) is 7.96. The van der Waals surface area contributed by atoms with Gasteiger partial charge in [-0.1, -0.05) is 61.8 Å². The Morgan fingerprint density at radius 1 is 0.778 bits per heavy atom. The zero-order valence-corrected chi connectivity index (χ0v) is 14.4. The summed E-state index contributed by atoms with van der Waals surface area (Å²) in [5.74, 6) is -0.132. The van der Waals surface area contributed by atoms with Crippen molar-refractivity contribution in [2.45, 2.75) is 101 Å². The number of hydrogen-bond acceptors (Lipinski definition) is 2. The number of ether oxygens (including phenoxy) is 1. The fraction of sp³-hybridized carbons (Fsp3) is 0.938. The molecule has 1 fully saturated rings. The van der Waals surface area contributed by atoms with E-state index in [-0.39, 0.29) is 12.1 Å². The van der Waals surface area contributed by atoms with Crippen LogP contribution >= 0.6 is 0 Å². The van der Waals surface area contributed by atoms with Gasteiger partial charge in [-0.25, -0.2) is 0 Å². The monoisotopic (exact) mass is 262 g/mol. The van der Waals surface area contributed by atoms with Crippen molar-refractivity contribution < 1.29 is 9.53 Å². The number of esters is 1. The molecule has 2 nitrogen and oxygen atoms in total.